The fourth-order valence-electron chi connectivity index (χ4n) is 6.77. The van der Waals surface area contributed by atoms with E-state index < -0.39 is 17.1 Å². The van der Waals surface area contributed by atoms with Crippen LogP contribution in [0.5, 0.6) is 23.0 Å². The number of benzene rings is 3. The third-order valence-electron chi connectivity index (χ3n) is 8.42. The number of hydrogen-bond acceptors (Lipinski definition) is 7. The Balaban J connectivity index is 1.65. The summed E-state index contributed by atoms with van der Waals surface area (Å²) in [6.45, 7) is 0.599. The van der Waals surface area contributed by atoms with Gasteiger partial charge in [0.25, 0.3) is 5.56 Å². The van der Waals surface area contributed by atoms with E-state index in [1.165, 1.54) is 0 Å². The SMILES string of the molecule is COc1ccc(C23Oc4cc(OC)cc(OC)c4[C@@]2(O)c2nc4n(c(=O)c2[C@@H]3c2ccccc2)CCC4)cc1. The maximum atomic E-state index is 14.2. The van der Waals surface area contributed by atoms with Crippen LogP contribution in [0.1, 0.15) is 46.1 Å². The van der Waals surface area contributed by atoms with Gasteiger partial charge in [0.2, 0.25) is 0 Å². The summed E-state index contributed by atoms with van der Waals surface area (Å²) in [4.78, 5) is 19.3. The standard InChI is InChI=1S/C31H28N2O6/c1-36-20-13-11-19(12-14-20)31-26(18-8-5-4-6-9-18)25-28(32-24-10-7-15-33(24)29(25)34)30(31,35)27-22(38-3)16-21(37-2)17-23(27)39-31/h4-6,8-9,11-14,16-17,26,35H,7,10,15H2,1-3H3/t26-,30+,31?/m0/s1. The molecule has 0 saturated carbocycles. The van der Waals surface area contributed by atoms with Gasteiger partial charge < -0.3 is 24.1 Å². The Morgan fingerprint density at radius 3 is 2.41 bits per heavy atom. The van der Waals surface area contributed by atoms with Crippen molar-refractivity contribution in [1.82, 2.24) is 9.55 Å². The van der Waals surface area contributed by atoms with E-state index in [1.807, 2.05) is 54.6 Å². The van der Waals surface area contributed by atoms with Crippen LogP contribution in [0.15, 0.2) is 71.5 Å². The molecule has 8 nitrogen and oxygen atoms in total. The van der Waals surface area contributed by atoms with E-state index in [4.69, 9.17) is 23.9 Å². The monoisotopic (exact) mass is 524 g/mol. The molecule has 0 saturated heterocycles. The lowest BCUT2D eigenvalue weighted by Crippen LogP contribution is -2.49. The molecule has 7 rings (SSSR count). The number of rotatable bonds is 5. The summed E-state index contributed by atoms with van der Waals surface area (Å²) in [7, 11) is 4.72. The minimum absolute atomic E-state index is 0.144. The van der Waals surface area contributed by atoms with E-state index in [2.05, 4.69) is 0 Å². The number of aryl methyl sites for hydroxylation is 1. The molecule has 2 aliphatic heterocycles. The van der Waals surface area contributed by atoms with Crippen LogP contribution in [-0.2, 0) is 24.2 Å². The average molecular weight is 525 g/mol. The lowest BCUT2D eigenvalue weighted by Gasteiger charge is -2.40. The van der Waals surface area contributed by atoms with Crippen molar-refractivity contribution in [2.24, 2.45) is 0 Å². The summed E-state index contributed by atoms with van der Waals surface area (Å²) in [6.07, 6.45) is 1.49. The summed E-state index contributed by atoms with van der Waals surface area (Å²) >= 11 is 0. The zero-order valence-corrected chi connectivity index (χ0v) is 21.9. The van der Waals surface area contributed by atoms with E-state index in [0.29, 0.717) is 64.2 Å². The van der Waals surface area contributed by atoms with Crippen LogP contribution < -0.4 is 24.5 Å². The van der Waals surface area contributed by atoms with Crippen LogP contribution >= 0.6 is 0 Å². The van der Waals surface area contributed by atoms with Gasteiger partial charge >= 0.3 is 0 Å². The molecule has 0 radical (unpaired) electrons. The molecular weight excluding hydrogens is 496 g/mol. The van der Waals surface area contributed by atoms with Crippen LogP contribution in [0, 0.1) is 0 Å². The predicted octanol–water partition coefficient (Wildman–Crippen LogP) is 3.88. The molecule has 3 aliphatic rings. The molecule has 0 amide bonds. The molecule has 1 aliphatic carbocycles. The first-order valence-electron chi connectivity index (χ1n) is 13.0. The maximum Gasteiger partial charge on any atom is 0.257 e. The fourth-order valence-corrected chi connectivity index (χ4v) is 6.77. The van der Waals surface area contributed by atoms with Crippen molar-refractivity contribution in [3.8, 4) is 23.0 Å². The third-order valence-corrected chi connectivity index (χ3v) is 8.42. The number of aromatic nitrogens is 2. The van der Waals surface area contributed by atoms with E-state index >= 15 is 0 Å². The molecule has 1 N–H and O–H groups in total. The molecule has 0 fully saturated rings. The molecule has 198 valence electrons. The first-order chi connectivity index (χ1) is 19.0. The normalized spacial score (nSPS) is 23.8. The molecule has 3 heterocycles. The van der Waals surface area contributed by atoms with Crippen molar-refractivity contribution in [3.63, 3.8) is 0 Å². The smallest absolute Gasteiger partial charge is 0.257 e. The highest BCUT2D eigenvalue weighted by Gasteiger charge is 2.74. The largest absolute Gasteiger partial charge is 0.497 e. The Morgan fingerprint density at radius 1 is 0.974 bits per heavy atom. The topological polar surface area (TPSA) is 92.0 Å². The van der Waals surface area contributed by atoms with E-state index in [9.17, 15) is 9.90 Å². The second-order valence-corrected chi connectivity index (χ2v) is 10.2. The third kappa shape index (κ3) is 2.92. The van der Waals surface area contributed by atoms with E-state index in [0.717, 1.165) is 12.0 Å². The van der Waals surface area contributed by atoms with E-state index in [1.54, 1.807) is 38.0 Å². The highest BCUT2D eigenvalue weighted by atomic mass is 16.5. The number of nitrogens with zero attached hydrogens (tertiary/aromatic N) is 2. The van der Waals surface area contributed by atoms with Gasteiger partial charge in [-0.15, -0.1) is 0 Å². The van der Waals surface area contributed by atoms with Gasteiger partial charge in [-0.1, -0.05) is 42.5 Å². The van der Waals surface area contributed by atoms with E-state index in [-0.39, 0.29) is 5.56 Å². The molecule has 8 heteroatoms. The van der Waals surface area contributed by atoms with Crippen LogP contribution in [0.4, 0.5) is 0 Å². The molecule has 0 bridgehead atoms. The molecular formula is C31H28N2O6. The molecule has 4 aromatic rings. The van der Waals surface area contributed by atoms with Crippen LogP contribution in [-0.4, -0.2) is 36.0 Å². The summed E-state index contributed by atoms with van der Waals surface area (Å²) in [5.41, 5.74) is -0.762. The highest BCUT2D eigenvalue weighted by Crippen LogP contribution is 2.69. The Hall–Kier alpha value is -4.30. The Kier molecular flexibility index (Phi) is 5.09. The predicted molar refractivity (Wildman–Crippen MR) is 143 cm³/mol. The lowest BCUT2D eigenvalue weighted by molar-refractivity contribution is -0.0910. The fraction of sp³-hybridized carbons (Fsp3) is 0.290. The van der Waals surface area contributed by atoms with Crippen molar-refractivity contribution < 1.29 is 24.1 Å². The van der Waals surface area contributed by atoms with Crippen LogP contribution in [0.2, 0.25) is 0 Å². The number of ether oxygens (including phenoxy) is 4. The summed E-state index contributed by atoms with van der Waals surface area (Å²) in [5.74, 6) is 2.00. The highest BCUT2D eigenvalue weighted by molar-refractivity contribution is 5.68. The van der Waals surface area contributed by atoms with Crippen LogP contribution in [0.25, 0.3) is 0 Å². The van der Waals surface area contributed by atoms with Crippen molar-refractivity contribution in [3.05, 3.63) is 111 Å². The zero-order chi connectivity index (χ0) is 26.9. The van der Waals surface area contributed by atoms with Gasteiger partial charge in [-0.25, -0.2) is 4.98 Å². The van der Waals surface area contributed by atoms with Gasteiger partial charge in [-0.3, -0.25) is 9.36 Å². The van der Waals surface area contributed by atoms with Gasteiger partial charge in [0, 0.05) is 30.7 Å². The van der Waals surface area contributed by atoms with Gasteiger partial charge in [0.15, 0.2) is 11.2 Å². The second kappa shape index (κ2) is 8.35. The Bertz CT molecular complexity index is 1670. The first-order valence-corrected chi connectivity index (χ1v) is 13.0. The molecule has 3 aromatic carbocycles. The lowest BCUT2D eigenvalue weighted by atomic mass is 9.70. The quantitative estimate of drug-likeness (QED) is 0.424. The van der Waals surface area contributed by atoms with Gasteiger partial charge in [0.1, 0.15) is 28.8 Å². The Labute approximate surface area is 225 Å². The summed E-state index contributed by atoms with van der Waals surface area (Å²) in [5, 5.41) is 13.2. The molecule has 1 unspecified atom stereocenters. The van der Waals surface area contributed by atoms with Gasteiger partial charge in [-0.2, -0.15) is 0 Å². The van der Waals surface area contributed by atoms with Crippen molar-refractivity contribution in [1.29, 1.82) is 0 Å². The molecule has 0 spiro atoms. The summed E-state index contributed by atoms with van der Waals surface area (Å²) < 4.78 is 25.5. The molecule has 1 aromatic heterocycles. The molecule has 39 heavy (non-hydrogen) atoms. The average Bonchev–Trinajstić information content (AvgIpc) is 3.62. The van der Waals surface area contributed by atoms with Crippen molar-refractivity contribution in [2.45, 2.75) is 36.5 Å². The Morgan fingerprint density at radius 2 is 1.72 bits per heavy atom. The second-order valence-electron chi connectivity index (χ2n) is 10.2. The number of hydrogen-bond donors (Lipinski definition) is 1. The van der Waals surface area contributed by atoms with Crippen molar-refractivity contribution in [2.75, 3.05) is 21.3 Å². The maximum absolute atomic E-state index is 14.2. The summed E-state index contributed by atoms with van der Waals surface area (Å²) in [6, 6.07) is 20.6. The van der Waals surface area contributed by atoms with Gasteiger partial charge in [-0.05, 0) is 24.1 Å². The number of fused-ring (bicyclic) bond motifs is 6. The minimum atomic E-state index is -1.85. The van der Waals surface area contributed by atoms with Crippen molar-refractivity contribution >= 4 is 0 Å². The number of aliphatic hydroxyl groups is 1. The minimum Gasteiger partial charge on any atom is -0.497 e. The molecule has 3 atom stereocenters. The zero-order valence-electron chi connectivity index (χ0n) is 21.9. The first kappa shape index (κ1) is 23.8. The van der Waals surface area contributed by atoms with Gasteiger partial charge in [0.05, 0.1) is 44.1 Å². The van der Waals surface area contributed by atoms with Crippen LogP contribution in [0.3, 0.4) is 0 Å². The number of methoxy groups -OCH3 is 3.